The molecule has 2 aliphatic rings. The number of pyridine rings is 1. The molecule has 1 aliphatic heterocycles. The van der Waals surface area contributed by atoms with Crippen molar-refractivity contribution in [3.63, 3.8) is 0 Å². The van der Waals surface area contributed by atoms with E-state index in [4.69, 9.17) is 4.74 Å². The zero-order chi connectivity index (χ0) is 15.2. The number of ether oxygens (including phenoxy) is 1. The summed E-state index contributed by atoms with van der Waals surface area (Å²) in [6.07, 6.45) is 13.2. The number of rotatable bonds is 5. The minimum Gasteiger partial charge on any atom is -0.381 e. The fourth-order valence-electron chi connectivity index (χ4n) is 4.10. The standard InChI is InChI=1S/C19H30N2O/c1-15-14-20-10-7-19(15)17-4-2-16(3-5-17)6-11-21-18-8-12-22-13-9-18/h7,10,14,16-18,21H,2-6,8-9,11-13H2,1H3/t16-,17-. The third-order valence-electron chi connectivity index (χ3n) is 5.56. The Morgan fingerprint density at radius 3 is 2.64 bits per heavy atom. The van der Waals surface area contributed by atoms with Gasteiger partial charge in [0.05, 0.1) is 0 Å². The van der Waals surface area contributed by atoms with Crippen molar-refractivity contribution in [2.24, 2.45) is 5.92 Å². The minimum absolute atomic E-state index is 0.699. The predicted molar refractivity (Wildman–Crippen MR) is 90.1 cm³/mol. The maximum absolute atomic E-state index is 5.42. The molecule has 0 unspecified atom stereocenters. The second kappa shape index (κ2) is 8.07. The molecule has 3 rings (SSSR count). The van der Waals surface area contributed by atoms with Crippen molar-refractivity contribution < 1.29 is 4.74 Å². The van der Waals surface area contributed by atoms with Crippen LogP contribution in [0.1, 0.15) is 62.0 Å². The van der Waals surface area contributed by atoms with E-state index in [1.165, 1.54) is 62.6 Å². The molecule has 0 aromatic carbocycles. The van der Waals surface area contributed by atoms with Crippen LogP contribution in [0.25, 0.3) is 0 Å². The van der Waals surface area contributed by atoms with Crippen LogP contribution in [0.3, 0.4) is 0 Å². The molecule has 0 radical (unpaired) electrons. The van der Waals surface area contributed by atoms with Crippen LogP contribution in [-0.2, 0) is 4.74 Å². The van der Waals surface area contributed by atoms with E-state index in [-0.39, 0.29) is 0 Å². The molecule has 2 fully saturated rings. The van der Waals surface area contributed by atoms with Gasteiger partial charge in [-0.25, -0.2) is 0 Å². The molecule has 2 heterocycles. The summed E-state index contributed by atoms with van der Waals surface area (Å²) in [5, 5.41) is 3.73. The number of aryl methyl sites for hydroxylation is 1. The highest BCUT2D eigenvalue weighted by Gasteiger charge is 2.23. The highest BCUT2D eigenvalue weighted by molar-refractivity contribution is 5.26. The lowest BCUT2D eigenvalue weighted by molar-refractivity contribution is 0.0775. The van der Waals surface area contributed by atoms with Gasteiger partial charge in [0.25, 0.3) is 0 Å². The minimum atomic E-state index is 0.699. The molecule has 0 spiro atoms. The van der Waals surface area contributed by atoms with Crippen LogP contribution >= 0.6 is 0 Å². The Morgan fingerprint density at radius 1 is 1.14 bits per heavy atom. The molecule has 122 valence electrons. The molecule has 1 aromatic heterocycles. The molecule has 1 saturated carbocycles. The Labute approximate surface area is 134 Å². The molecule has 22 heavy (non-hydrogen) atoms. The van der Waals surface area contributed by atoms with Gasteiger partial charge < -0.3 is 10.1 Å². The van der Waals surface area contributed by atoms with Gasteiger partial charge in [-0.2, -0.15) is 0 Å². The molecule has 1 aromatic rings. The van der Waals surface area contributed by atoms with Crippen LogP contribution in [0.15, 0.2) is 18.5 Å². The van der Waals surface area contributed by atoms with Crippen LogP contribution in [-0.4, -0.2) is 30.8 Å². The Hall–Kier alpha value is -0.930. The number of nitrogens with one attached hydrogen (secondary N) is 1. The second-order valence-corrected chi connectivity index (χ2v) is 7.08. The molecule has 3 heteroatoms. The van der Waals surface area contributed by atoms with Crippen LogP contribution in [0.5, 0.6) is 0 Å². The first kappa shape index (κ1) is 15.9. The summed E-state index contributed by atoms with van der Waals surface area (Å²) in [5.41, 5.74) is 2.90. The Morgan fingerprint density at radius 2 is 1.91 bits per heavy atom. The van der Waals surface area contributed by atoms with Gasteiger partial charge in [-0.3, -0.25) is 4.98 Å². The predicted octanol–water partition coefficient (Wildman–Crippen LogP) is 3.82. The first-order chi connectivity index (χ1) is 10.8. The molecule has 1 N–H and O–H groups in total. The van der Waals surface area contributed by atoms with Crippen molar-refractivity contribution >= 4 is 0 Å². The molecule has 3 nitrogen and oxygen atoms in total. The van der Waals surface area contributed by atoms with Crippen molar-refractivity contribution in [3.05, 3.63) is 29.6 Å². The van der Waals surface area contributed by atoms with Crippen LogP contribution in [0.4, 0.5) is 0 Å². The largest absolute Gasteiger partial charge is 0.381 e. The van der Waals surface area contributed by atoms with Gasteiger partial charge in [-0.05, 0) is 87.4 Å². The Balaban J connectivity index is 1.37. The van der Waals surface area contributed by atoms with Crippen molar-refractivity contribution in [2.45, 2.75) is 63.8 Å². The lowest BCUT2D eigenvalue weighted by atomic mass is 9.77. The number of hydrogen-bond donors (Lipinski definition) is 1. The maximum Gasteiger partial charge on any atom is 0.0480 e. The van der Waals surface area contributed by atoms with E-state index in [0.717, 1.165) is 25.0 Å². The maximum atomic E-state index is 5.42. The van der Waals surface area contributed by atoms with Crippen molar-refractivity contribution in [2.75, 3.05) is 19.8 Å². The third kappa shape index (κ3) is 4.30. The molecule has 1 saturated heterocycles. The summed E-state index contributed by atoms with van der Waals surface area (Å²) >= 11 is 0. The first-order valence-corrected chi connectivity index (χ1v) is 9.04. The fourth-order valence-corrected chi connectivity index (χ4v) is 4.10. The normalized spacial score (nSPS) is 27.0. The second-order valence-electron chi connectivity index (χ2n) is 7.08. The van der Waals surface area contributed by atoms with Crippen LogP contribution in [0, 0.1) is 12.8 Å². The van der Waals surface area contributed by atoms with E-state index >= 15 is 0 Å². The first-order valence-electron chi connectivity index (χ1n) is 9.04. The van der Waals surface area contributed by atoms with E-state index in [2.05, 4.69) is 23.3 Å². The lowest BCUT2D eigenvalue weighted by Gasteiger charge is -2.30. The fraction of sp³-hybridized carbons (Fsp3) is 0.737. The lowest BCUT2D eigenvalue weighted by Crippen LogP contribution is -2.36. The number of aromatic nitrogens is 1. The van der Waals surface area contributed by atoms with Crippen LogP contribution in [0.2, 0.25) is 0 Å². The van der Waals surface area contributed by atoms with E-state index < -0.39 is 0 Å². The quantitative estimate of drug-likeness (QED) is 0.898. The summed E-state index contributed by atoms with van der Waals surface area (Å²) in [7, 11) is 0. The van der Waals surface area contributed by atoms with E-state index in [1.807, 2.05) is 12.4 Å². The zero-order valence-electron chi connectivity index (χ0n) is 13.9. The van der Waals surface area contributed by atoms with Crippen molar-refractivity contribution in [1.29, 1.82) is 0 Å². The Kier molecular flexibility index (Phi) is 5.85. The highest BCUT2D eigenvalue weighted by atomic mass is 16.5. The summed E-state index contributed by atoms with van der Waals surface area (Å²) in [6.45, 7) is 5.27. The van der Waals surface area contributed by atoms with Gasteiger partial charge >= 0.3 is 0 Å². The van der Waals surface area contributed by atoms with Gasteiger partial charge in [-0.15, -0.1) is 0 Å². The highest BCUT2D eigenvalue weighted by Crippen LogP contribution is 2.37. The number of nitrogens with zero attached hydrogens (tertiary/aromatic N) is 1. The molecular weight excluding hydrogens is 272 g/mol. The molecular formula is C19H30N2O. The van der Waals surface area contributed by atoms with Crippen LogP contribution < -0.4 is 5.32 Å². The summed E-state index contributed by atoms with van der Waals surface area (Å²) < 4.78 is 5.42. The van der Waals surface area contributed by atoms with Gasteiger partial charge in [0, 0.05) is 31.6 Å². The monoisotopic (exact) mass is 302 g/mol. The molecule has 0 bridgehead atoms. The molecule has 0 atom stereocenters. The summed E-state index contributed by atoms with van der Waals surface area (Å²) in [4.78, 5) is 4.22. The van der Waals surface area contributed by atoms with Crippen molar-refractivity contribution in [1.82, 2.24) is 10.3 Å². The molecule has 1 aliphatic carbocycles. The van der Waals surface area contributed by atoms with E-state index in [9.17, 15) is 0 Å². The van der Waals surface area contributed by atoms with Gasteiger partial charge in [0.1, 0.15) is 0 Å². The average Bonchev–Trinajstić information content (AvgIpc) is 2.57. The number of hydrogen-bond acceptors (Lipinski definition) is 3. The topological polar surface area (TPSA) is 34.2 Å². The smallest absolute Gasteiger partial charge is 0.0480 e. The van der Waals surface area contributed by atoms with E-state index in [0.29, 0.717) is 6.04 Å². The zero-order valence-corrected chi connectivity index (χ0v) is 13.9. The molecule has 0 amide bonds. The average molecular weight is 302 g/mol. The summed E-state index contributed by atoms with van der Waals surface area (Å²) in [5.74, 6) is 1.69. The van der Waals surface area contributed by atoms with Crippen molar-refractivity contribution in [3.8, 4) is 0 Å². The van der Waals surface area contributed by atoms with Gasteiger partial charge in [0.15, 0.2) is 0 Å². The summed E-state index contributed by atoms with van der Waals surface area (Å²) in [6, 6.07) is 2.93. The van der Waals surface area contributed by atoms with Gasteiger partial charge in [0.2, 0.25) is 0 Å². The van der Waals surface area contributed by atoms with E-state index in [1.54, 1.807) is 0 Å². The Bertz CT molecular complexity index is 449. The third-order valence-corrected chi connectivity index (χ3v) is 5.56. The SMILES string of the molecule is Cc1cnccc1[C@H]1CC[C@H](CCNC2CCOCC2)CC1. The van der Waals surface area contributed by atoms with Gasteiger partial charge in [-0.1, -0.05) is 0 Å².